The summed E-state index contributed by atoms with van der Waals surface area (Å²) in [6.07, 6.45) is 2.85. The van der Waals surface area contributed by atoms with Gasteiger partial charge in [0.25, 0.3) is 11.5 Å². The van der Waals surface area contributed by atoms with Crippen molar-refractivity contribution in [1.29, 1.82) is 0 Å². The minimum Gasteiger partial charge on any atom is -0.448 e. The largest absolute Gasteiger partial charge is 0.448 e. The van der Waals surface area contributed by atoms with Gasteiger partial charge < -0.3 is 9.64 Å². The van der Waals surface area contributed by atoms with Crippen molar-refractivity contribution in [1.82, 2.24) is 14.5 Å². The molecule has 1 saturated heterocycles. The summed E-state index contributed by atoms with van der Waals surface area (Å²) >= 11 is 1.17. The number of hydrogen-bond donors (Lipinski definition) is 0. The zero-order chi connectivity index (χ0) is 18.4. The molecule has 4 heterocycles. The Morgan fingerprint density at radius 2 is 1.92 bits per heavy atom. The second-order valence-corrected chi connectivity index (χ2v) is 7.90. The molecule has 0 aromatic carbocycles. The standard InChI is InChI=1S/C18H21N3O4S/c1-10-13-15(19-12-6-5-9-21(12)17(13)23)26-14(10)18(24)25-11(2)16(22)20-7-3-4-8-20/h11H,3-9H2,1-2H3/t11-/m0/s1. The molecule has 0 radical (unpaired) electrons. The highest BCUT2D eigenvalue weighted by atomic mass is 32.1. The van der Waals surface area contributed by atoms with Gasteiger partial charge in [-0.2, -0.15) is 0 Å². The highest BCUT2D eigenvalue weighted by Crippen LogP contribution is 2.29. The number of carbonyl (C=O) groups is 2. The molecule has 26 heavy (non-hydrogen) atoms. The SMILES string of the molecule is Cc1c(C(=O)O[C@@H](C)C(=O)N2CCCC2)sc2nc3n(c(=O)c12)CCC3. The fourth-order valence-electron chi connectivity index (χ4n) is 3.73. The van der Waals surface area contributed by atoms with Crippen molar-refractivity contribution in [2.24, 2.45) is 0 Å². The molecule has 2 aromatic heterocycles. The van der Waals surface area contributed by atoms with Gasteiger partial charge in [0.15, 0.2) is 6.10 Å². The summed E-state index contributed by atoms with van der Waals surface area (Å²) in [5.74, 6) is 0.0585. The number of rotatable bonds is 3. The minimum absolute atomic E-state index is 0.0866. The first-order chi connectivity index (χ1) is 12.5. The first-order valence-electron chi connectivity index (χ1n) is 9.00. The lowest BCUT2D eigenvalue weighted by Crippen LogP contribution is -2.38. The van der Waals surface area contributed by atoms with Gasteiger partial charge in [-0.3, -0.25) is 14.2 Å². The Balaban J connectivity index is 1.61. The Morgan fingerprint density at radius 3 is 2.65 bits per heavy atom. The molecule has 0 unspecified atom stereocenters. The van der Waals surface area contributed by atoms with Gasteiger partial charge in [-0.05, 0) is 38.7 Å². The Labute approximate surface area is 154 Å². The lowest BCUT2D eigenvalue weighted by molar-refractivity contribution is -0.138. The number of hydrogen-bond acceptors (Lipinski definition) is 6. The zero-order valence-electron chi connectivity index (χ0n) is 14.9. The van der Waals surface area contributed by atoms with Crippen molar-refractivity contribution in [3.63, 3.8) is 0 Å². The second-order valence-electron chi connectivity index (χ2n) is 6.90. The fraction of sp³-hybridized carbons (Fsp3) is 0.556. The second kappa shape index (κ2) is 6.50. The predicted molar refractivity (Wildman–Crippen MR) is 97.6 cm³/mol. The van der Waals surface area contributed by atoms with E-state index in [1.54, 1.807) is 23.3 Å². The van der Waals surface area contributed by atoms with Crippen LogP contribution in [0.5, 0.6) is 0 Å². The van der Waals surface area contributed by atoms with Gasteiger partial charge >= 0.3 is 5.97 Å². The van der Waals surface area contributed by atoms with Crippen LogP contribution in [0.1, 0.15) is 47.2 Å². The van der Waals surface area contributed by atoms with Crippen LogP contribution in [-0.2, 0) is 22.5 Å². The quantitative estimate of drug-likeness (QED) is 0.765. The summed E-state index contributed by atoms with van der Waals surface area (Å²) in [5, 5.41) is 0.492. The molecule has 0 spiro atoms. The fourth-order valence-corrected chi connectivity index (χ4v) is 4.80. The molecule has 2 aliphatic rings. The molecule has 8 heteroatoms. The van der Waals surface area contributed by atoms with Gasteiger partial charge in [-0.15, -0.1) is 11.3 Å². The lowest BCUT2D eigenvalue weighted by atomic mass is 10.2. The third-order valence-electron chi connectivity index (χ3n) is 5.15. The average Bonchev–Trinajstić information content (AvgIpc) is 3.34. The van der Waals surface area contributed by atoms with E-state index in [4.69, 9.17) is 4.74 Å². The summed E-state index contributed by atoms with van der Waals surface area (Å²) in [6.45, 7) is 5.45. The monoisotopic (exact) mass is 375 g/mol. The van der Waals surface area contributed by atoms with Crippen LogP contribution in [0.2, 0.25) is 0 Å². The summed E-state index contributed by atoms with van der Waals surface area (Å²) in [7, 11) is 0. The number of thiophene rings is 1. The maximum absolute atomic E-state index is 12.7. The van der Waals surface area contributed by atoms with Crippen LogP contribution in [0.25, 0.3) is 10.2 Å². The number of aryl methyl sites for hydroxylation is 2. The van der Waals surface area contributed by atoms with E-state index in [1.165, 1.54) is 11.3 Å². The van der Waals surface area contributed by atoms with E-state index < -0.39 is 12.1 Å². The molecule has 0 N–H and O–H groups in total. The van der Waals surface area contributed by atoms with Gasteiger partial charge in [-0.25, -0.2) is 9.78 Å². The van der Waals surface area contributed by atoms with Gasteiger partial charge in [0.05, 0.1) is 5.39 Å². The number of nitrogens with zero attached hydrogens (tertiary/aromatic N) is 3. The smallest absolute Gasteiger partial charge is 0.349 e. The molecule has 0 bridgehead atoms. The van der Waals surface area contributed by atoms with Crippen LogP contribution in [0, 0.1) is 6.92 Å². The molecular formula is C18H21N3O4S. The molecule has 4 rings (SSSR count). The maximum atomic E-state index is 12.7. The number of fused-ring (bicyclic) bond motifs is 2. The Hall–Kier alpha value is -2.22. The molecular weight excluding hydrogens is 354 g/mol. The summed E-state index contributed by atoms with van der Waals surface area (Å²) in [6, 6.07) is 0. The number of ether oxygens (including phenoxy) is 1. The van der Waals surface area contributed by atoms with Gasteiger partial charge in [0.1, 0.15) is 15.5 Å². The number of aromatic nitrogens is 2. The summed E-state index contributed by atoms with van der Waals surface area (Å²) in [5.41, 5.74) is 0.506. The Morgan fingerprint density at radius 1 is 1.19 bits per heavy atom. The first-order valence-corrected chi connectivity index (χ1v) is 9.81. The highest BCUT2D eigenvalue weighted by molar-refractivity contribution is 7.20. The van der Waals surface area contributed by atoms with Crippen molar-refractivity contribution in [2.75, 3.05) is 13.1 Å². The first kappa shape index (κ1) is 17.2. The summed E-state index contributed by atoms with van der Waals surface area (Å²) in [4.78, 5) is 44.9. The van der Waals surface area contributed by atoms with Crippen LogP contribution in [0.4, 0.5) is 0 Å². The van der Waals surface area contributed by atoms with Crippen molar-refractivity contribution in [3.8, 4) is 0 Å². The lowest BCUT2D eigenvalue weighted by Gasteiger charge is -2.20. The summed E-state index contributed by atoms with van der Waals surface area (Å²) < 4.78 is 7.10. The van der Waals surface area contributed by atoms with E-state index in [2.05, 4.69) is 4.98 Å². The van der Waals surface area contributed by atoms with E-state index in [0.717, 1.165) is 44.6 Å². The Bertz CT molecular complexity index is 955. The molecule has 2 aromatic rings. The van der Waals surface area contributed by atoms with E-state index in [1.807, 2.05) is 0 Å². The van der Waals surface area contributed by atoms with Crippen molar-refractivity contribution in [2.45, 2.75) is 52.2 Å². The average molecular weight is 375 g/mol. The zero-order valence-corrected chi connectivity index (χ0v) is 15.7. The van der Waals surface area contributed by atoms with Crippen molar-refractivity contribution in [3.05, 3.63) is 26.6 Å². The van der Waals surface area contributed by atoms with Gasteiger partial charge in [0.2, 0.25) is 0 Å². The topological polar surface area (TPSA) is 81.5 Å². The molecule has 1 fully saturated rings. The number of amides is 1. The normalized spacial score (nSPS) is 17.5. The molecule has 2 aliphatic heterocycles. The Kier molecular flexibility index (Phi) is 4.30. The van der Waals surface area contributed by atoms with Crippen molar-refractivity contribution < 1.29 is 14.3 Å². The predicted octanol–water partition coefficient (Wildman–Crippen LogP) is 1.88. The molecule has 138 valence electrons. The van der Waals surface area contributed by atoms with Crippen LogP contribution < -0.4 is 5.56 Å². The highest BCUT2D eigenvalue weighted by Gasteiger charge is 2.29. The van der Waals surface area contributed by atoms with Gasteiger partial charge in [0, 0.05) is 26.1 Å². The van der Waals surface area contributed by atoms with Crippen molar-refractivity contribution >= 4 is 33.4 Å². The van der Waals surface area contributed by atoms with Crippen LogP contribution in [0.3, 0.4) is 0 Å². The molecule has 1 amide bonds. The molecule has 0 aliphatic carbocycles. The third kappa shape index (κ3) is 2.72. The van der Waals surface area contributed by atoms with E-state index in [-0.39, 0.29) is 11.5 Å². The van der Waals surface area contributed by atoms with E-state index in [9.17, 15) is 14.4 Å². The van der Waals surface area contributed by atoms with E-state index in [0.29, 0.717) is 27.2 Å². The third-order valence-corrected chi connectivity index (χ3v) is 6.31. The number of likely N-dealkylation sites (tertiary alicyclic amines) is 1. The maximum Gasteiger partial charge on any atom is 0.349 e. The number of carbonyl (C=O) groups excluding carboxylic acids is 2. The molecule has 7 nitrogen and oxygen atoms in total. The van der Waals surface area contributed by atoms with Crippen LogP contribution in [0.15, 0.2) is 4.79 Å². The van der Waals surface area contributed by atoms with Gasteiger partial charge in [-0.1, -0.05) is 0 Å². The number of esters is 1. The van der Waals surface area contributed by atoms with Crippen LogP contribution in [-0.4, -0.2) is 45.5 Å². The molecule has 1 atom stereocenters. The minimum atomic E-state index is -0.829. The molecule has 0 saturated carbocycles. The van der Waals surface area contributed by atoms with E-state index >= 15 is 0 Å². The van der Waals surface area contributed by atoms with Crippen LogP contribution >= 0.6 is 11.3 Å².